The van der Waals surface area contributed by atoms with Crippen molar-refractivity contribution >= 4 is 16.6 Å². The molecule has 3 nitrogen and oxygen atoms in total. The van der Waals surface area contributed by atoms with Crippen molar-refractivity contribution in [1.29, 1.82) is 0 Å². The van der Waals surface area contributed by atoms with Crippen LogP contribution in [0.1, 0.15) is 0 Å². The molecule has 2 heterocycles. The summed E-state index contributed by atoms with van der Waals surface area (Å²) < 4.78 is 0. The van der Waals surface area contributed by atoms with Crippen LogP contribution in [-0.2, 0) is 0 Å². The molecule has 0 fully saturated rings. The standard InChI is InChI=1S/C9H9N3/c1-10-8-6-11-5-7-3-2-4-12-9(7)8/h2-6,10H,1H3. The SMILES string of the molecule is CNc1cncc2cccnc12. The number of nitrogens with one attached hydrogen (secondary N) is 1. The van der Waals surface area contributed by atoms with E-state index in [1.165, 1.54) is 0 Å². The lowest BCUT2D eigenvalue weighted by Gasteiger charge is -2.02. The fourth-order valence-electron chi connectivity index (χ4n) is 1.18. The monoisotopic (exact) mass is 159 g/mol. The Morgan fingerprint density at radius 3 is 3.08 bits per heavy atom. The summed E-state index contributed by atoms with van der Waals surface area (Å²) in [5.74, 6) is 0. The zero-order valence-corrected chi connectivity index (χ0v) is 6.78. The van der Waals surface area contributed by atoms with Gasteiger partial charge in [-0.15, -0.1) is 0 Å². The van der Waals surface area contributed by atoms with Crippen LogP contribution in [0.2, 0.25) is 0 Å². The van der Waals surface area contributed by atoms with Crippen LogP contribution in [0, 0.1) is 0 Å². The third kappa shape index (κ3) is 0.993. The van der Waals surface area contributed by atoms with Crippen LogP contribution in [0.25, 0.3) is 10.9 Å². The zero-order chi connectivity index (χ0) is 8.39. The van der Waals surface area contributed by atoms with Crippen LogP contribution in [0.4, 0.5) is 5.69 Å². The fourth-order valence-corrected chi connectivity index (χ4v) is 1.18. The number of rotatable bonds is 1. The van der Waals surface area contributed by atoms with Crippen LogP contribution in [0.3, 0.4) is 0 Å². The van der Waals surface area contributed by atoms with E-state index in [0.717, 1.165) is 16.6 Å². The smallest absolute Gasteiger partial charge is 0.0964 e. The Bertz CT molecular complexity index is 392. The first kappa shape index (κ1) is 7.03. The summed E-state index contributed by atoms with van der Waals surface area (Å²) in [7, 11) is 1.87. The number of hydrogen-bond donors (Lipinski definition) is 1. The second-order valence-corrected chi connectivity index (χ2v) is 2.51. The van der Waals surface area contributed by atoms with E-state index in [1.54, 1.807) is 12.4 Å². The summed E-state index contributed by atoms with van der Waals surface area (Å²) in [6.45, 7) is 0. The highest BCUT2D eigenvalue weighted by molar-refractivity contribution is 5.88. The number of aromatic nitrogens is 2. The normalized spacial score (nSPS) is 10.1. The van der Waals surface area contributed by atoms with Gasteiger partial charge in [0.25, 0.3) is 0 Å². The van der Waals surface area contributed by atoms with Crippen molar-refractivity contribution in [3.63, 3.8) is 0 Å². The molecule has 0 amide bonds. The average molecular weight is 159 g/mol. The van der Waals surface area contributed by atoms with E-state index < -0.39 is 0 Å². The largest absolute Gasteiger partial charge is 0.385 e. The molecule has 0 bridgehead atoms. The number of anilines is 1. The molecule has 2 aromatic rings. The molecule has 0 aliphatic carbocycles. The van der Waals surface area contributed by atoms with Gasteiger partial charge >= 0.3 is 0 Å². The molecular formula is C9H9N3. The van der Waals surface area contributed by atoms with Gasteiger partial charge in [0.2, 0.25) is 0 Å². The molecule has 0 saturated heterocycles. The molecule has 0 unspecified atom stereocenters. The third-order valence-electron chi connectivity index (χ3n) is 1.78. The van der Waals surface area contributed by atoms with Crippen LogP contribution in [0.15, 0.2) is 30.7 Å². The van der Waals surface area contributed by atoms with Crippen molar-refractivity contribution in [3.8, 4) is 0 Å². The molecule has 2 aromatic heterocycles. The van der Waals surface area contributed by atoms with Crippen molar-refractivity contribution in [2.45, 2.75) is 0 Å². The first-order chi connectivity index (χ1) is 5.92. The van der Waals surface area contributed by atoms with Gasteiger partial charge in [0, 0.05) is 24.8 Å². The molecule has 0 aliphatic rings. The summed E-state index contributed by atoms with van der Waals surface area (Å²) in [6, 6.07) is 3.90. The van der Waals surface area contributed by atoms with Crippen LogP contribution in [0.5, 0.6) is 0 Å². The maximum Gasteiger partial charge on any atom is 0.0964 e. The second-order valence-electron chi connectivity index (χ2n) is 2.51. The van der Waals surface area contributed by atoms with Gasteiger partial charge in [0.1, 0.15) is 0 Å². The van der Waals surface area contributed by atoms with E-state index in [0.29, 0.717) is 0 Å². The molecule has 60 valence electrons. The Labute approximate surface area is 70.5 Å². The molecular weight excluding hydrogens is 150 g/mol. The lowest BCUT2D eigenvalue weighted by atomic mass is 10.2. The number of pyridine rings is 2. The van der Waals surface area contributed by atoms with E-state index in [4.69, 9.17) is 0 Å². The first-order valence-electron chi connectivity index (χ1n) is 3.78. The molecule has 0 spiro atoms. The number of hydrogen-bond acceptors (Lipinski definition) is 3. The topological polar surface area (TPSA) is 37.8 Å². The average Bonchev–Trinajstić information content (AvgIpc) is 2.17. The maximum atomic E-state index is 4.25. The minimum Gasteiger partial charge on any atom is -0.385 e. The first-order valence-corrected chi connectivity index (χ1v) is 3.78. The maximum absolute atomic E-state index is 4.25. The van der Waals surface area contributed by atoms with E-state index in [2.05, 4.69) is 15.3 Å². The van der Waals surface area contributed by atoms with E-state index in [1.807, 2.05) is 25.4 Å². The summed E-state index contributed by atoms with van der Waals surface area (Å²) in [4.78, 5) is 8.33. The Morgan fingerprint density at radius 1 is 1.33 bits per heavy atom. The Hall–Kier alpha value is -1.64. The summed E-state index contributed by atoms with van der Waals surface area (Å²) in [5.41, 5.74) is 1.93. The van der Waals surface area contributed by atoms with E-state index in [9.17, 15) is 0 Å². The van der Waals surface area contributed by atoms with Gasteiger partial charge in [-0.2, -0.15) is 0 Å². The summed E-state index contributed by atoms with van der Waals surface area (Å²) in [6.07, 6.45) is 5.36. The van der Waals surface area contributed by atoms with Gasteiger partial charge in [0.15, 0.2) is 0 Å². The Kier molecular flexibility index (Phi) is 1.63. The van der Waals surface area contributed by atoms with Crippen molar-refractivity contribution in [3.05, 3.63) is 30.7 Å². The Balaban J connectivity index is 2.79. The molecule has 3 heteroatoms. The van der Waals surface area contributed by atoms with Crippen LogP contribution >= 0.6 is 0 Å². The van der Waals surface area contributed by atoms with Gasteiger partial charge in [-0.3, -0.25) is 9.97 Å². The van der Waals surface area contributed by atoms with Crippen LogP contribution in [-0.4, -0.2) is 17.0 Å². The van der Waals surface area contributed by atoms with Crippen molar-refractivity contribution < 1.29 is 0 Å². The Morgan fingerprint density at radius 2 is 2.25 bits per heavy atom. The van der Waals surface area contributed by atoms with Crippen molar-refractivity contribution in [2.24, 2.45) is 0 Å². The molecule has 2 rings (SSSR count). The van der Waals surface area contributed by atoms with Gasteiger partial charge in [-0.25, -0.2) is 0 Å². The molecule has 12 heavy (non-hydrogen) atoms. The van der Waals surface area contributed by atoms with E-state index >= 15 is 0 Å². The number of nitrogens with zero attached hydrogens (tertiary/aromatic N) is 2. The predicted molar refractivity (Wildman–Crippen MR) is 49.1 cm³/mol. The van der Waals surface area contributed by atoms with Crippen molar-refractivity contribution in [1.82, 2.24) is 9.97 Å². The summed E-state index contributed by atoms with van der Waals surface area (Å²) >= 11 is 0. The number of fused-ring (bicyclic) bond motifs is 1. The van der Waals surface area contributed by atoms with Crippen molar-refractivity contribution in [2.75, 3.05) is 12.4 Å². The highest BCUT2D eigenvalue weighted by Crippen LogP contribution is 2.17. The predicted octanol–water partition coefficient (Wildman–Crippen LogP) is 1.67. The lowest BCUT2D eigenvalue weighted by Crippen LogP contribution is -1.91. The molecule has 0 atom stereocenters. The molecule has 1 N–H and O–H groups in total. The lowest BCUT2D eigenvalue weighted by molar-refractivity contribution is 1.31. The zero-order valence-electron chi connectivity index (χ0n) is 6.78. The minimum atomic E-state index is 0.966. The van der Waals surface area contributed by atoms with Gasteiger partial charge in [-0.05, 0) is 12.1 Å². The van der Waals surface area contributed by atoms with E-state index in [-0.39, 0.29) is 0 Å². The van der Waals surface area contributed by atoms with Gasteiger partial charge in [0.05, 0.1) is 17.4 Å². The highest BCUT2D eigenvalue weighted by atomic mass is 14.9. The molecule has 0 aromatic carbocycles. The van der Waals surface area contributed by atoms with Gasteiger partial charge in [-0.1, -0.05) is 0 Å². The van der Waals surface area contributed by atoms with Crippen LogP contribution < -0.4 is 5.32 Å². The summed E-state index contributed by atoms with van der Waals surface area (Å²) in [5, 5.41) is 4.10. The molecule has 0 saturated carbocycles. The minimum absolute atomic E-state index is 0.966. The molecule has 0 aliphatic heterocycles. The quantitative estimate of drug-likeness (QED) is 0.687. The molecule has 0 radical (unpaired) electrons. The fraction of sp³-hybridized carbons (Fsp3) is 0.111. The third-order valence-corrected chi connectivity index (χ3v) is 1.78. The van der Waals surface area contributed by atoms with Gasteiger partial charge < -0.3 is 5.32 Å². The highest BCUT2D eigenvalue weighted by Gasteiger charge is 1.98. The second kappa shape index (κ2) is 2.77.